The van der Waals surface area contributed by atoms with Crippen LogP contribution < -0.4 is 32.3 Å². The molecule has 76 heavy (non-hydrogen) atoms. The number of ketones is 1. The molecule has 2 saturated carbocycles. The van der Waals surface area contributed by atoms with Gasteiger partial charge in [-0.05, 0) is 76.9 Å². The normalized spacial score (nSPS) is 20.9. The van der Waals surface area contributed by atoms with E-state index >= 15 is 0 Å². The lowest BCUT2D eigenvalue weighted by Crippen LogP contribution is -2.57. The van der Waals surface area contributed by atoms with Gasteiger partial charge in [0.25, 0.3) is 17.7 Å². The summed E-state index contributed by atoms with van der Waals surface area (Å²) in [6.07, 6.45) is 7.82. The van der Waals surface area contributed by atoms with Crippen LogP contribution >= 0.6 is 58.3 Å². The number of pyridine rings is 2. The zero-order valence-electron chi connectivity index (χ0n) is 43.3. The van der Waals surface area contributed by atoms with Gasteiger partial charge in [0, 0.05) is 126 Å². The van der Waals surface area contributed by atoms with Crippen molar-refractivity contribution >= 4 is 117 Å². The second kappa shape index (κ2) is 28.1. The number of likely N-dealkylation sites (N-methyl/N-ethyl adjacent to an activating group) is 2. The van der Waals surface area contributed by atoms with Crippen molar-refractivity contribution in [3.05, 3.63) is 77.9 Å². The lowest BCUT2D eigenvalue weighted by molar-refractivity contribution is -0.137. The lowest BCUT2D eigenvalue weighted by atomic mass is 9.81. The Labute approximate surface area is 465 Å². The number of nitrogens with one attached hydrogen (secondary N) is 5. The Kier molecular flexibility index (Phi) is 22.6. The van der Waals surface area contributed by atoms with Gasteiger partial charge in [-0.1, -0.05) is 23.2 Å². The third kappa shape index (κ3) is 17.1. The van der Waals surface area contributed by atoms with Crippen molar-refractivity contribution < 1.29 is 38.4 Å². The largest absolute Gasteiger partial charge is 0.349 e. The van der Waals surface area contributed by atoms with Crippen LogP contribution in [0.4, 0.5) is 11.6 Å². The number of hydrogen-bond donors (Lipinski definition) is 6. The summed E-state index contributed by atoms with van der Waals surface area (Å²) in [5, 5.41) is 15.2. The first-order chi connectivity index (χ1) is 35.5. The maximum Gasteiger partial charge on any atom is 0.314 e. The van der Waals surface area contributed by atoms with Gasteiger partial charge in [0.15, 0.2) is 10.0 Å². The van der Waals surface area contributed by atoms with E-state index < -0.39 is 35.6 Å². The molecule has 412 valence electrons. The molecule has 2 aliphatic carbocycles. The van der Waals surface area contributed by atoms with E-state index in [0.29, 0.717) is 51.6 Å². The van der Waals surface area contributed by atoms with Gasteiger partial charge in [-0.3, -0.25) is 38.4 Å². The number of fused-ring (bicyclic) bond motifs is 2. The minimum absolute atomic E-state index is 0. The van der Waals surface area contributed by atoms with Crippen molar-refractivity contribution in [2.24, 2.45) is 17.6 Å². The zero-order valence-corrected chi connectivity index (χ0v) is 47.3. The molecule has 4 aromatic heterocycles. The minimum Gasteiger partial charge on any atom is -0.349 e. The molecule has 0 bridgehead atoms. The average molecular weight is 1150 g/mol. The van der Waals surface area contributed by atoms with E-state index in [9.17, 15) is 38.4 Å². The highest BCUT2D eigenvalue weighted by Gasteiger charge is 2.38. The Bertz CT molecular complexity index is 2730. The topological polar surface area (TPSA) is 287 Å². The maximum atomic E-state index is 13.2. The third-order valence-electron chi connectivity index (χ3n) is 13.0. The number of thiazole rings is 2. The van der Waals surface area contributed by atoms with Crippen LogP contribution in [0.15, 0.2) is 36.7 Å². The smallest absolute Gasteiger partial charge is 0.314 e. The van der Waals surface area contributed by atoms with Crippen LogP contribution in [0.25, 0.3) is 0 Å². The van der Waals surface area contributed by atoms with E-state index in [0.717, 1.165) is 68.1 Å². The van der Waals surface area contributed by atoms with Crippen molar-refractivity contribution in [3.8, 4) is 0 Å². The van der Waals surface area contributed by atoms with Crippen LogP contribution in [0.3, 0.4) is 0 Å². The Morgan fingerprint density at radius 1 is 0.618 bits per heavy atom. The summed E-state index contributed by atoms with van der Waals surface area (Å²) in [5.74, 6) is -3.31. The summed E-state index contributed by atoms with van der Waals surface area (Å²) in [4.78, 5) is 124. The van der Waals surface area contributed by atoms with Crippen LogP contribution in [-0.4, -0.2) is 166 Å². The number of Topliss-reactive ketones (excluding diaryl/α,β-unsaturated/α-hetero) is 1. The molecule has 7 amide bonds. The molecule has 0 radical (unpaired) electrons. The van der Waals surface area contributed by atoms with Crippen molar-refractivity contribution in [2.75, 3.05) is 66.0 Å². The van der Waals surface area contributed by atoms with Crippen molar-refractivity contribution in [2.45, 2.75) is 95.5 Å². The monoisotopic (exact) mass is 1150 g/mol. The van der Waals surface area contributed by atoms with Crippen LogP contribution in [0, 0.1) is 11.8 Å². The van der Waals surface area contributed by atoms with Crippen LogP contribution in [0.1, 0.15) is 86.2 Å². The number of carbonyl (C=O) groups excluding carboxylic acids is 8. The Hall–Kier alpha value is -5.73. The minimum atomic E-state index is -0.886. The number of nitrogens with zero attached hydrogens (tertiary/aromatic N) is 8. The number of aromatic nitrogens is 4. The highest BCUT2D eigenvalue weighted by molar-refractivity contribution is 7.14. The van der Waals surface area contributed by atoms with Gasteiger partial charge in [-0.2, -0.15) is 0 Å². The number of carbonyl (C=O) groups is 8. The molecule has 6 atom stereocenters. The van der Waals surface area contributed by atoms with E-state index in [1.165, 1.54) is 63.9 Å². The zero-order chi connectivity index (χ0) is 54.7. The van der Waals surface area contributed by atoms with Crippen molar-refractivity contribution in [1.29, 1.82) is 0 Å². The third-order valence-corrected chi connectivity index (χ3v) is 15.6. The van der Waals surface area contributed by atoms with Crippen LogP contribution in [-0.2, 0) is 54.7 Å². The Balaban J connectivity index is 0.000000235. The number of amides is 7. The number of rotatable bonds is 10. The molecule has 4 aliphatic rings. The lowest BCUT2D eigenvalue weighted by Gasteiger charge is -2.37. The highest BCUT2D eigenvalue weighted by atomic mass is 35.5. The molecule has 2 fully saturated rings. The predicted octanol–water partition coefficient (Wildman–Crippen LogP) is 3.42. The van der Waals surface area contributed by atoms with Gasteiger partial charge in [0.2, 0.25) is 17.6 Å². The van der Waals surface area contributed by atoms with E-state index in [1.807, 2.05) is 7.05 Å². The summed E-state index contributed by atoms with van der Waals surface area (Å²) in [6, 6.07) is 4.74. The van der Waals surface area contributed by atoms with Gasteiger partial charge in [0.05, 0.1) is 27.5 Å². The molecule has 1 unspecified atom stereocenters. The first-order valence-electron chi connectivity index (χ1n) is 24.4. The number of halogens is 3. The van der Waals surface area contributed by atoms with Crippen LogP contribution in [0.5, 0.6) is 0 Å². The average Bonchev–Trinajstić information content (AvgIpc) is 4.01. The Morgan fingerprint density at radius 2 is 1.07 bits per heavy atom. The molecular weight excluding hydrogens is 1080 g/mol. The fourth-order valence-electron chi connectivity index (χ4n) is 8.85. The van der Waals surface area contributed by atoms with Gasteiger partial charge < -0.3 is 51.9 Å². The Morgan fingerprint density at radius 3 is 1.51 bits per heavy atom. The molecule has 7 N–H and O–H groups in total. The predicted molar refractivity (Wildman–Crippen MR) is 292 cm³/mol. The van der Waals surface area contributed by atoms with E-state index in [4.69, 9.17) is 28.9 Å². The molecule has 22 nitrogen and oxygen atoms in total. The highest BCUT2D eigenvalue weighted by Crippen LogP contribution is 2.30. The summed E-state index contributed by atoms with van der Waals surface area (Å²) < 4.78 is 0. The fraction of sp³-hybridized carbons (Fsp3) is 0.510. The molecule has 6 heterocycles. The van der Waals surface area contributed by atoms with E-state index in [2.05, 4.69) is 63.4 Å². The SMILES string of the molecule is CC(=O)C(=O)Nc1ccc(Cl)cn1.CN1CCc2nc(C(=O)NC3C[C@@H](C(=O)N(C)C)CC[C@@H]3N)sc2C1.CN1CCc2nc(C(=O)N[C@@H]3C[C@@H](C(=O)N(C)C)CC[C@@H]3NC(=O)C(=O)Nc3ccc(Cl)cn3)sc2C1.Cl. The number of anilines is 2. The van der Waals surface area contributed by atoms with Crippen molar-refractivity contribution in [3.63, 3.8) is 0 Å². The molecule has 0 saturated heterocycles. The summed E-state index contributed by atoms with van der Waals surface area (Å²) >= 11 is 14.2. The molecule has 4 aromatic rings. The van der Waals surface area contributed by atoms with E-state index in [1.54, 1.807) is 45.2 Å². The first kappa shape index (κ1) is 61.1. The fourth-order valence-corrected chi connectivity index (χ4v) is 11.3. The molecule has 0 spiro atoms. The van der Waals surface area contributed by atoms with E-state index in [-0.39, 0.29) is 65.8 Å². The number of nitrogens with two attached hydrogens (primary N) is 1. The summed E-state index contributed by atoms with van der Waals surface area (Å²) in [7, 11) is 11.0. The molecular formula is C49H65Cl3N14O8S2. The van der Waals surface area contributed by atoms with Gasteiger partial charge in [-0.25, -0.2) is 19.9 Å². The van der Waals surface area contributed by atoms with Gasteiger partial charge in [0.1, 0.15) is 11.6 Å². The summed E-state index contributed by atoms with van der Waals surface area (Å²) in [5.41, 5.74) is 8.18. The van der Waals surface area contributed by atoms with Gasteiger partial charge >= 0.3 is 11.8 Å². The standard InChI is InChI=1S/C24H30ClN7O4S.C17H27N5O2S.C8H7ClN2O2.ClH/c1-31(2)24(36)13-4-6-15(27-20(33)21(34)30-19-7-5-14(25)11-26-19)17(10-13)28-22(35)23-29-16-8-9-32(3)12-18(16)37-23;1-21(2)17(24)10-4-5-11(18)13(8-10)19-15(23)16-20-12-6-7-22(3)9-14(12)25-16;1-5(12)8(13)11-7-3-2-6(9)4-10-7;/h5,7,11,13,15,17H,4,6,8-10,12H2,1-3H3,(H,27,33)(H,28,35)(H,26,30,34);10-11,13H,4-9,18H2,1-3H3,(H,19,23);2-4H,1H3,(H,10,11,13);1H/t13-,15-,17+;10-,11-,13?;;/m00../s1. The maximum absolute atomic E-state index is 13.2. The summed E-state index contributed by atoms with van der Waals surface area (Å²) in [6.45, 7) is 4.64. The van der Waals surface area contributed by atoms with Crippen molar-refractivity contribution in [1.82, 2.24) is 55.5 Å². The molecule has 0 aromatic carbocycles. The van der Waals surface area contributed by atoms with Crippen LogP contribution in [0.2, 0.25) is 10.0 Å². The second-order valence-electron chi connectivity index (χ2n) is 19.3. The molecule has 8 rings (SSSR count). The molecule has 2 aliphatic heterocycles. The second-order valence-corrected chi connectivity index (χ2v) is 22.4. The molecule has 27 heteroatoms. The quantitative estimate of drug-likeness (QED) is 0.124. The number of hydrogen-bond acceptors (Lipinski definition) is 17. The first-order valence-corrected chi connectivity index (χ1v) is 26.7. The van der Waals surface area contributed by atoms with Gasteiger partial charge in [-0.15, -0.1) is 35.1 Å².